The quantitative estimate of drug-likeness (QED) is 0.914. The average molecular weight is 256 g/mol. The summed E-state index contributed by atoms with van der Waals surface area (Å²) in [5, 5.41) is 8.67. The van der Waals surface area contributed by atoms with Gasteiger partial charge in [-0.1, -0.05) is 12.1 Å². The first-order valence-corrected chi connectivity index (χ1v) is 5.83. The number of nitriles is 1. The zero-order valence-corrected chi connectivity index (χ0v) is 10.4. The molecule has 0 aromatic heterocycles. The summed E-state index contributed by atoms with van der Waals surface area (Å²) in [5.41, 5.74) is 6.95. The second kappa shape index (κ2) is 5.51. The molecule has 3 nitrogen and oxygen atoms in total. The van der Waals surface area contributed by atoms with Crippen molar-refractivity contribution in [1.82, 2.24) is 0 Å². The van der Waals surface area contributed by atoms with Gasteiger partial charge in [0.05, 0.1) is 11.6 Å². The third-order valence-corrected chi connectivity index (χ3v) is 2.67. The van der Waals surface area contributed by atoms with E-state index in [0.29, 0.717) is 5.75 Å². The highest BCUT2D eigenvalue weighted by molar-refractivity contribution is 5.39. The Morgan fingerprint density at radius 2 is 2.05 bits per heavy atom. The van der Waals surface area contributed by atoms with E-state index in [2.05, 4.69) is 0 Å². The minimum absolute atomic E-state index is 0.0841. The molecule has 0 bridgehead atoms. The van der Waals surface area contributed by atoms with Crippen LogP contribution in [0.3, 0.4) is 0 Å². The lowest BCUT2D eigenvalue weighted by Crippen LogP contribution is -2.04. The average Bonchev–Trinajstić information content (AvgIpc) is 2.41. The Balaban J connectivity index is 2.26. The third-order valence-electron chi connectivity index (χ3n) is 2.67. The van der Waals surface area contributed by atoms with Crippen LogP contribution in [0, 0.1) is 17.1 Å². The fourth-order valence-corrected chi connectivity index (χ4v) is 1.64. The van der Waals surface area contributed by atoms with E-state index in [0.717, 1.165) is 11.6 Å². The molecule has 0 saturated heterocycles. The Morgan fingerprint density at radius 1 is 1.26 bits per heavy atom. The lowest BCUT2D eigenvalue weighted by atomic mass is 10.1. The Kier molecular flexibility index (Phi) is 3.79. The minimum Gasteiger partial charge on any atom is -0.454 e. The summed E-state index contributed by atoms with van der Waals surface area (Å²) in [7, 11) is 0. The molecule has 2 N–H and O–H groups in total. The first-order valence-electron chi connectivity index (χ1n) is 5.83. The minimum atomic E-state index is -0.565. The van der Waals surface area contributed by atoms with Crippen LogP contribution >= 0.6 is 0 Å². The lowest BCUT2D eigenvalue weighted by Gasteiger charge is -2.10. The molecule has 2 aromatic rings. The molecule has 0 aliphatic carbocycles. The van der Waals surface area contributed by atoms with Crippen molar-refractivity contribution in [3.05, 3.63) is 59.4 Å². The van der Waals surface area contributed by atoms with E-state index in [4.69, 9.17) is 15.7 Å². The summed E-state index contributed by atoms with van der Waals surface area (Å²) in [6, 6.07) is 13.0. The van der Waals surface area contributed by atoms with Crippen LogP contribution in [0.15, 0.2) is 42.5 Å². The largest absolute Gasteiger partial charge is 0.454 e. The van der Waals surface area contributed by atoms with Crippen LogP contribution in [0.25, 0.3) is 0 Å². The van der Waals surface area contributed by atoms with E-state index in [1.807, 2.05) is 19.1 Å². The van der Waals surface area contributed by atoms with Gasteiger partial charge in [0.2, 0.25) is 0 Å². The molecule has 96 valence electrons. The van der Waals surface area contributed by atoms with Gasteiger partial charge in [-0.15, -0.1) is 0 Å². The Labute approximate surface area is 111 Å². The lowest BCUT2D eigenvalue weighted by molar-refractivity contribution is 0.441. The number of rotatable bonds is 3. The summed E-state index contributed by atoms with van der Waals surface area (Å²) in [4.78, 5) is 0. The highest BCUT2D eigenvalue weighted by Gasteiger charge is 2.07. The monoisotopic (exact) mass is 256 g/mol. The van der Waals surface area contributed by atoms with Gasteiger partial charge in [-0.2, -0.15) is 5.26 Å². The summed E-state index contributed by atoms with van der Waals surface area (Å²) in [6.45, 7) is 1.86. The molecule has 0 aliphatic rings. The van der Waals surface area contributed by atoms with Crippen LogP contribution in [0.2, 0.25) is 0 Å². The molecule has 2 aromatic carbocycles. The van der Waals surface area contributed by atoms with Gasteiger partial charge in [-0.3, -0.25) is 0 Å². The Morgan fingerprint density at radius 3 is 2.68 bits per heavy atom. The number of hydrogen-bond donors (Lipinski definition) is 1. The number of nitrogens with two attached hydrogens (primary N) is 1. The van der Waals surface area contributed by atoms with E-state index in [-0.39, 0.29) is 17.4 Å². The van der Waals surface area contributed by atoms with Gasteiger partial charge in [0.1, 0.15) is 5.75 Å². The molecular weight excluding hydrogens is 243 g/mol. The first-order chi connectivity index (χ1) is 9.10. The van der Waals surface area contributed by atoms with E-state index in [1.165, 1.54) is 12.1 Å². The van der Waals surface area contributed by atoms with Crippen molar-refractivity contribution in [3.8, 4) is 17.6 Å². The molecule has 19 heavy (non-hydrogen) atoms. The normalized spacial score (nSPS) is 11.7. The fraction of sp³-hybridized carbons (Fsp3) is 0.133. The molecule has 1 atom stereocenters. The van der Waals surface area contributed by atoms with E-state index >= 15 is 0 Å². The van der Waals surface area contributed by atoms with Gasteiger partial charge in [0, 0.05) is 6.04 Å². The zero-order valence-electron chi connectivity index (χ0n) is 10.4. The van der Waals surface area contributed by atoms with Crippen molar-refractivity contribution in [2.75, 3.05) is 0 Å². The smallest absolute Gasteiger partial charge is 0.167 e. The van der Waals surface area contributed by atoms with Crippen molar-refractivity contribution >= 4 is 0 Å². The van der Waals surface area contributed by atoms with Gasteiger partial charge < -0.3 is 10.5 Å². The van der Waals surface area contributed by atoms with Crippen molar-refractivity contribution in [3.63, 3.8) is 0 Å². The summed E-state index contributed by atoms with van der Waals surface area (Å²) in [5.74, 6) is 0.0319. The second-order valence-corrected chi connectivity index (χ2v) is 4.22. The molecule has 0 spiro atoms. The number of benzene rings is 2. The van der Waals surface area contributed by atoms with Crippen molar-refractivity contribution < 1.29 is 9.13 Å². The van der Waals surface area contributed by atoms with Gasteiger partial charge in [-0.25, -0.2) is 4.39 Å². The van der Waals surface area contributed by atoms with Gasteiger partial charge >= 0.3 is 0 Å². The Bertz CT molecular complexity index is 632. The van der Waals surface area contributed by atoms with Crippen molar-refractivity contribution in [2.24, 2.45) is 5.73 Å². The van der Waals surface area contributed by atoms with Gasteiger partial charge in [-0.05, 0) is 42.8 Å². The van der Waals surface area contributed by atoms with Crippen molar-refractivity contribution in [2.45, 2.75) is 13.0 Å². The molecule has 0 saturated carbocycles. The molecule has 0 amide bonds. The standard InChI is InChI=1S/C15H13FN2O/c1-10(18)12-3-2-4-13(8-12)19-15-6-5-11(9-17)7-14(15)16/h2-8,10H,18H2,1H3. The van der Waals surface area contributed by atoms with Crippen LogP contribution in [0.4, 0.5) is 4.39 Å². The zero-order chi connectivity index (χ0) is 13.8. The second-order valence-electron chi connectivity index (χ2n) is 4.22. The fourth-order valence-electron chi connectivity index (χ4n) is 1.64. The van der Waals surface area contributed by atoms with Crippen LogP contribution in [-0.4, -0.2) is 0 Å². The maximum absolute atomic E-state index is 13.7. The Hall–Kier alpha value is -2.38. The molecule has 0 aliphatic heterocycles. The third kappa shape index (κ3) is 3.09. The van der Waals surface area contributed by atoms with E-state index < -0.39 is 5.82 Å². The number of halogens is 1. The number of hydrogen-bond acceptors (Lipinski definition) is 3. The number of nitrogens with zero attached hydrogens (tertiary/aromatic N) is 1. The highest BCUT2D eigenvalue weighted by atomic mass is 19.1. The van der Waals surface area contributed by atoms with Crippen LogP contribution in [0.5, 0.6) is 11.5 Å². The van der Waals surface area contributed by atoms with Crippen LogP contribution in [0.1, 0.15) is 24.1 Å². The first kappa shape index (κ1) is 13.1. The maximum atomic E-state index is 13.7. The molecule has 1 unspecified atom stereocenters. The topological polar surface area (TPSA) is 59.0 Å². The van der Waals surface area contributed by atoms with Crippen LogP contribution in [-0.2, 0) is 0 Å². The predicted octanol–water partition coefficient (Wildman–Crippen LogP) is 3.51. The SMILES string of the molecule is CC(N)c1cccc(Oc2ccc(C#N)cc2F)c1. The number of ether oxygens (including phenoxy) is 1. The maximum Gasteiger partial charge on any atom is 0.167 e. The molecular formula is C15H13FN2O. The molecule has 0 heterocycles. The molecule has 2 rings (SSSR count). The molecule has 0 fully saturated rings. The van der Waals surface area contributed by atoms with Gasteiger partial charge in [0.25, 0.3) is 0 Å². The van der Waals surface area contributed by atoms with E-state index in [9.17, 15) is 4.39 Å². The molecule has 4 heteroatoms. The van der Waals surface area contributed by atoms with Crippen molar-refractivity contribution in [1.29, 1.82) is 5.26 Å². The summed E-state index contributed by atoms with van der Waals surface area (Å²) >= 11 is 0. The van der Waals surface area contributed by atoms with Crippen LogP contribution < -0.4 is 10.5 Å². The summed E-state index contributed by atoms with van der Waals surface area (Å²) in [6.07, 6.45) is 0. The van der Waals surface area contributed by atoms with Gasteiger partial charge in [0.15, 0.2) is 11.6 Å². The molecule has 0 radical (unpaired) electrons. The van der Waals surface area contributed by atoms with E-state index in [1.54, 1.807) is 18.2 Å². The highest BCUT2D eigenvalue weighted by Crippen LogP contribution is 2.26. The summed E-state index contributed by atoms with van der Waals surface area (Å²) < 4.78 is 19.1. The predicted molar refractivity (Wildman–Crippen MR) is 70.2 cm³/mol.